The summed E-state index contributed by atoms with van der Waals surface area (Å²) in [5.41, 5.74) is -0.791. The monoisotopic (exact) mass is 199 g/mol. The molecule has 2 aliphatic heterocycles. The lowest BCUT2D eigenvalue weighted by Gasteiger charge is -2.36. The molecule has 0 aromatic carbocycles. The van der Waals surface area contributed by atoms with Gasteiger partial charge in [-0.15, -0.1) is 0 Å². The molecule has 14 heavy (non-hydrogen) atoms. The molecule has 2 unspecified atom stereocenters. The second-order valence-electron chi connectivity index (χ2n) is 4.16. The van der Waals surface area contributed by atoms with E-state index in [1.54, 1.807) is 0 Å². The zero-order valence-electron chi connectivity index (χ0n) is 8.29. The van der Waals surface area contributed by atoms with Crippen molar-refractivity contribution < 1.29 is 14.6 Å². The van der Waals surface area contributed by atoms with Crippen LogP contribution in [0.15, 0.2) is 0 Å². The van der Waals surface area contributed by atoms with Crippen LogP contribution in [0.1, 0.15) is 32.1 Å². The van der Waals surface area contributed by atoms with Gasteiger partial charge in [0.25, 0.3) is 0 Å². The first-order chi connectivity index (χ1) is 6.76. The van der Waals surface area contributed by atoms with E-state index in [4.69, 9.17) is 4.74 Å². The molecule has 0 spiro atoms. The predicted octanol–water partition coefficient (Wildman–Crippen LogP) is 0.762. The summed E-state index contributed by atoms with van der Waals surface area (Å²) in [7, 11) is 0. The number of carbonyl (C=O) groups is 1. The summed E-state index contributed by atoms with van der Waals surface area (Å²) in [5.74, 6) is -0.748. The molecule has 0 aliphatic carbocycles. The molecular formula is C10H17NO3. The second-order valence-corrected chi connectivity index (χ2v) is 4.16. The molecule has 2 heterocycles. The topological polar surface area (TPSA) is 58.6 Å². The SMILES string of the molecule is O=C(O)C1(C2CCCCO2)CCCN1. The van der Waals surface area contributed by atoms with E-state index in [9.17, 15) is 9.90 Å². The zero-order chi connectivity index (χ0) is 10.0. The first-order valence-corrected chi connectivity index (χ1v) is 5.36. The molecule has 2 atom stereocenters. The highest BCUT2D eigenvalue weighted by molar-refractivity contribution is 5.80. The number of rotatable bonds is 2. The van der Waals surface area contributed by atoms with Crippen molar-refractivity contribution in [1.29, 1.82) is 0 Å². The van der Waals surface area contributed by atoms with Crippen LogP contribution in [0.3, 0.4) is 0 Å². The summed E-state index contributed by atoms with van der Waals surface area (Å²) in [6.45, 7) is 1.51. The maximum Gasteiger partial charge on any atom is 0.326 e. The van der Waals surface area contributed by atoms with Crippen LogP contribution in [0.5, 0.6) is 0 Å². The van der Waals surface area contributed by atoms with E-state index >= 15 is 0 Å². The Morgan fingerprint density at radius 1 is 1.43 bits per heavy atom. The number of hydrogen-bond acceptors (Lipinski definition) is 3. The second kappa shape index (κ2) is 3.87. The Morgan fingerprint density at radius 2 is 2.29 bits per heavy atom. The van der Waals surface area contributed by atoms with Crippen LogP contribution < -0.4 is 5.32 Å². The van der Waals surface area contributed by atoms with Crippen LogP contribution in [0.25, 0.3) is 0 Å². The van der Waals surface area contributed by atoms with Crippen LogP contribution in [-0.2, 0) is 9.53 Å². The van der Waals surface area contributed by atoms with Crippen molar-refractivity contribution in [2.75, 3.05) is 13.2 Å². The minimum atomic E-state index is -0.791. The number of carboxylic acid groups (broad SMARTS) is 1. The average molecular weight is 199 g/mol. The number of hydrogen-bond donors (Lipinski definition) is 2. The number of ether oxygens (including phenoxy) is 1. The minimum Gasteiger partial charge on any atom is -0.480 e. The maximum absolute atomic E-state index is 11.3. The molecule has 2 N–H and O–H groups in total. The molecule has 4 heteroatoms. The van der Waals surface area contributed by atoms with Crippen LogP contribution >= 0.6 is 0 Å². The molecule has 0 aromatic rings. The highest BCUT2D eigenvalue weighted by atomic mass is 16.5. The van der Waals surface area contributed by atoms with Gasteiger partial charge in [0.1, 0.15) is 5.54 Å². The fraction of sp³-hybridized carbons (Fsp3) is 0.900. The van der Waals surface area contributed by atoms with Crippen LogP contribution in [0, 0.1) is 0 Å². The van der Waals surface area contributed by atoms with Gasteiger partial charge in [-0.1, -0.05) is 0 Å². The van der Waals surface area contributed by atoms with E-state index in [-0.39, 0.29) is 6.10 Å². The van der Waals surface area contributed by atoms with Gasteiger partial charge in [-0.2, -0.15) is 0 Å². The molecule has 4 nitrogen and oxygen atoms in total. The number of nitrogens with one attached hydrogen (secondary N) is 1. The molecule has 0 radical (unpaired) electrons. The lowest BCUT2D eigenvalue weighted by atomic mass is 9.86. The van der Waals surface area contributed by atoms with E-state index < -0.39 is 11.5 Å². The number of aliphatic carboxylic acids is 1. The fourth-order valence-electron chi connectivity index (χ4n) is 2.49. The van der Waals surface area contributed by atoms with E-state index in [0.29, 0.717) is 13.0 Å². The molecule has 2 fully saturated rings. The molecule has 80 valence electrons. The lowest BCUT2D eigenvalue weighted by Crippen LogP contribution is -2.58. The summed E-state index contributed by atoms with van der Waals surface area (Å²) in [5, 5.41) is 12.4. The Kier molecular flexibility index (Phi) is 2.74. The Morgan fingerprint density at radius 3 is 2.79 bits per heavy atom. The molecule has 2 saturated heterocycles. The van der Waals surface area contributed by atoms with Gasteiger partial charge in [-0.3, -0.25) is 10.1 Å². The van der Waals surface area contributed by atoms with Crippen molar-refractivity contribution in [3.8, 4) is 0 Å². The van der Waals surface area contributed by atoms with Crippen molar-refractivity contribution in [2.24, 2.45) is 0 Å². The third kappa shape index (κ3) is 1.53. The van der Waals surface area contributed by atoms with E-state index in [2.05, 4.69) is 5.32 Å². The third-order valence-electron chi connectivity index (χ3n) is 3.30. The zero-order valence-corrected chi connectivity index (χ0v) is 8.29. The van der Waals surface area contributed by atoms with E-state index in [1.165, 1.54) is 0 Å². The summed E-state index contributed by atoms with van der Waals surface area (Å²) >= 11 is 0. The van der Waals surface area contributed by atoms with Crippen LogP contribution in [0.4, 0.5) is 0 Å². The fourth-order valence-corrected chi connectivity index (χ4v) is 2.49. The summed E-state index contributed by atoms with van der Waals surface area (Å²) in [6, 6.07) is 0. The first kappa shape index (κ1) is 9.93. The molecule has 0 saturated carbocycles. The van der Waals surface area contributed by atoms with Crippen molar-refractivity contribution in [3.05, 3.63) is 0 Å². The van der Waals surface area contributed by atoms with Gasteiger partial charge in [0.05, 0.1) is 6.10 Å². The summed E-state index contributed by atoms with van der Waals surface area (Å²) in [6.07, 6.45) is 4.53. The summed E-state index contributed by atoms with van der Waals surface area (Å²) < 4.78 is 5.58. The normalized spacial score (nSPS) is 38.4. The standard InChI is InChI=1S/C10H17NO3/c12-9(13)10(5-3-6-11-10)8-4-1-2-7-14-8/h8,11H,1-7H2,(H,12,13). The van der Waals surface area contributed by atoms with E-state index in [0.717, 1.165) is 32.2 Å². The summed E-state index contributed by atoms with van der Waals surface area (Å²) in [4.78, 5) is 11.3. The van der Waals surface area contributed by atoms with Gasteiger partial charge in [0, 0.05) is 6.61 Å². The van der Waals surface area contributed by atoms with Gasteiger partial charge in [-0.05, 0) is 38.6 Å². The molecular weight excluding hydrogens is 182 g/mol. The number of carboxylic acids is 1. The third-order valence-corrected chi connectivity index (χ3v) is 3.30. The van der Waals surface area contributed by atoms with E-state index in [1.807, 2.05) is 0 Å². The quantitative estimate of drug-likeness (QED) is 0.689. The average Bonchev–Trinajstić information content (AvgIpc) is 2.69. The Labute approximate surface area is 83.6 Å². The molecule has 0 aromatic heterocycles. The van der Waals surface area contributed by atoms with Gasteiger partial charge in [0.2, 0.25) is 0 Å². The Bertz CT molecular complexity index is 217. The van der Waals surface area contributed by atoms with Crippen molar-refractivity contribution >= 4 is 5.97 Å². The van der Waals surface area contributed by atoms with Gasteiger partial charge < -0.3 is 9.84 Å². The van der Waals surface area contributed by atoms with Crippen molar-refractivity contribution in [3.63, 3.8) is 0 Å². The first-order valence-electron chi connectivity index (χ1n) is 5.36. The van der Waals surface area contributed by atoms with Gasteiger partial charge in [-0.25, -0.2) is 0 Å². The molecule has 2 rings (SSSR count). The van der Waals surface area contributed by atoms with Crippen molar-refractivity contribution in [2.45, 2.75) is 43.7 Å². The highest BCUT2D eigenvalue weighted by Gasteiger charge is 2.48. The molecule has 0 bridgehead atoms. The molecule has 2 aliphatic rings. The smallest absolute Gasteiger partial charge is 0.326 e. The molecule has 0 amide bonds. The largest absolute Gasteiger partial charge is 0.480 e. The Balaban J connectivity index is 2.12. The predicted molar refractivity (Wildman–Crippen MR) is 51.2 cm³/mol. The van der Waals surface area contributed by atoms with Gasteiger partial charge >= 0.3 is 5.97 Å². The lowest BCUT2D eigenvalue weighted by molar-refractivity contribution is -0.153. The van der Waals surface area contributed by atoms with Gasteiger partial charge in [0.15, 0.2) is 0 Å². The minimum absolute atomic E-state index is 0.128. The highest BCUT2D eigenvalue weighted by Crippen LogP contribution is 2.31. The Hall–Kier alpha value is -0.610. The maximum atomic E-state index is 11.3. The van der Waals surface area contributed by atoms with Crippen molar-refractivity contribution in [1.82, 2.24) is 5.32 Å². The van der Waals surface area contributed by atoms with Crippen LogP contribution in [-0.4, -0.2) is 35.9 Å². The van der Waals surface area contributed by atoms with Crippen LogP contribution in [0.2, 0.25) is 0 Å².